The van der Waals surface area contributed by atoms with Crippen molar-refractivity contribution >= 4 is 17.3 Å². The van der Waals surface area contributed by atoms with Crippen LogP contribution in [0.2, 0.25) is 0 Å². The average Bonchev–Trinajstić information content (AvgIpc) is 2.65. The number of nitrogens with zero attached hydrogens (tertiary/aromatic N) is 1. The maximum Gasteiger partial charge on any atom is 0.246 e. The molecule has 0 bridgehead atoms. The van der Waals surface area contributed by atoms with Gasteiger partial charge in [0, 0.05) is 23.0 Å². The van der Waals surface area contributed by atoms with Gasteiger partial charge < -0.3 is 10.3 Å². The van der Waals surface area contributed by atoms with Gasteiger partial charge in [-0.05, 0) is 6.92 Å². The Morgan fingerprint density at radius 3 is 2.78 bits per heavy atom. The van der Waals surface area contributed by atoms with Crippen molar-refractivity contribution in [2.75, 3.05) is 11.9 Å². The quantitative estimate of drug-likeness (QED) is 0.786. The lowest BCUT2D eigenvalue weighted by molar-refractivity contribution is -0.114. The molecule has 2 aromatic rings. The lowest BCUT2D eigenvalue weighted by atomic mass is 10.0. The highest BCUT2D eigenvalue weighted by Gasteiger charge is 2.20. The van der Waals surface area contributed by atoms with Crippen molar-refractivity contribution in [3.63, 3.8) is 0 Å². The number of aromatic amines is 1. The van der Waals surface area contributed by atoms with E-state index in [1.165, 1.54) is 0 Å². The first kappa shape index (κ1) is 10.8. The molecule has 0 radical (unpaired) electrons. The fourth-order valence-corrected chi connectivity index (χ4v) is 2.18. The summed E-state index contributed by atoms with van der Waals surface area (Å²) in [6.07, 6.45) is 1.81. The Bertz CT molecular complexity index is 626. The van der Waals surface area contributed by atoms with Gasteiger partial charge in [-0.25, -0.2) is 0 Å². The number of carbonyl (C=O) groups is 1. The minimum absolute atomic E-state index is 0.0822. The maximum atomic E-state index is 11.6. The van der Waals surface area contributed by atoms with Crippen LogP contribution in [0.3, 0.4) is 0 Å². The molecule has 1 aromatic heterocycles. The second kappa shape index (κ2) is 4.14. The average molecular weight is 239 g/mol. The fourth-order valence-electron chi connectivity index (χ4n) is 2.18. The summed E-state index contributed by atoms with van der Waals surface area (Å²) in [4.78, 5) is 19.2. The molecular weight excluding hydrogens is 226 g/mol. The number of carbonyl (C=O) groups excluding carboxylic acids is 1. The number of aliphatic imine (C=N–C) groups is 1. The zero-order valence-corrected chi connectivity index (χ0v) is 10.0. The van der Waals surface area contributed by atoms with E-state index in [2.05, 4.69) is 15.3 Å². The first-order valence-electron chi connectivity index (χ1n) is 5.84. The molecule has 0 saturated heterocycles. The Kier molecular flexibility index (Phi) is 2.48. The topological polar surface area (TPSA) is 57.2 Å². The fraction of sp³-hybridized carbons (Fsp3) is 0.143. The van der Waals surface area contributed by atoms with E-state index in [1.54, 1.807) is 0 Å². The van der Waals surface area contributed by atoms with Crippen LogP contribution in [-0.2, 0) is 4.79 Å². The summed E-state index contributed by atoms with van der Waals surface area (Å²) in [6, 6.07) is 9.92. The van der Waals surface area contributed by atoms with Gasteiger partial charge in [-0.2, -0.15) is 0 Å². The van der Waals surface area contributed by atoms with Gasteiger partial charge in [-0.1, -0.05) is 30.3 Å². The van der Waals surface area contributed by atoms with Crippen molar-refractivity contribution in [3.05, 3.63) is 53.3 Å². The molecule has 0 atom stereocenters. The number of aromatic nitrogens is 1. The van der Waals surface area contributed by atoms with Crippen LogP contribution in [0.15, 0.2) is 41.5 Å². The second-order valence-electron chi connectivity index (χ2n) is 4.28. The number of aryl methyl sites for hydroxylation is 1. The molecule has 2 N–H and O–H groups in total. The van der Waals surface area contributed by atoms with Crippen LogP contribution in [-0.4, -0.2) is 23.1 Å². The third kappa shape index (κ3) is 1.72. The molecule has 90 valence electrons. The first-order chi connectivity index (χ1) is 8.75. The summed E-state index contributed by atoms with van der Waals surface area (Å²) in [7, 11) is 0. The third-order valence-electron chi connectivity index (χ3n) is 3.02. The Morgan fingerprint density at radius 1 is 1.22 bits per heavy atom. The molecule has 0 spiro atoms. The van der Waals surface area contributed by atoms with Crippen molar-refractivity contribution in [3.8, 4) is 0 Å². The second-order valence-corrected chi connectivity index (χ2v) is 4.28. The standard InChI is InChI=1S/C14H13N3O/c1-9-13-11(7-15-9)17-12(18)8-16-14(13)10-5-3-2-4-6-10/h2-7,15H,8H2,1H3,(H,17,18). The summed E-state index contributed by atoms with van der Waals surface area (Å²) < 4.78 is 0. The van der Waals surface area contributed by atoms with Crippen molar-refractivity contribution in [2.24, 2.45) is 4.99 Å². The van der Waals surface area contributed by atoms with E-state index in [0.717, 1.165) is 28.2 Å². The molecule has 2 heterocycles. The summed E-state index contributed by atoms with van der Waals surface area (Å²) in [6.45, 7) is 2.15. The summed E-state index contributed by atoms with van der Waals surface area (Å²) >= 11 is 0. The van der Waals surface area contributed by atoms with Crippen LogP contribution in [0, 0.1) is 6.92 Å². The molecule has 0 saturated carbocycles. The van der Waals surface area contributed by atoms with Gasteiger partial charge in [0.15, 0.2) is 0 Å². The lowest BCUT2D eigenvalue weighted by Gasteiger charge is -2.06. The first-order valence-corrected chi connectivity index (χ1v) is 5.84. The number of hydrogen-bond acceptors (Lipinski definition) is 2. The SMILES string of the molecule is Cc1[nH]cc2c1C(c1ccccc1)=NCC(=O)N2. The zero-order valence-electron chi connectivity index (χ0n) is 10.0. The number of fused-ring (bicyclic) bond motifs is 1. The van der Waals surface area contributed by atoms with Gasteiger partial charge in [-0.3, -0.25) is 9.79 Å². The highest BCUT2D eigenvalue weighted by Crippen LogP contribution is 2.25. The van der Waals surface area contributed by atoms with E-state index >= 15 is 0 Å². The van der Waals surface area contributed by atoms with Gasteiger partial charge in [-0.15, -0.1) is 0 Å². The van der Waals surface area contributed by atoms with Crippen LogP contribution in [0.4, 0.5) is 5.69 Å². The van der Waals surface area contributed by atoms with Crippen molar-refractivity contribution in [1.29, 1.82) is 0 Å². The van der Waals surface area contributed by atoms with E-state index in [-0.39, 0.29) is 12.5 Å². The molecule has 1 aromatic carbocycles. The molecule has 1 aliphatic heterocycles. The van der Waals surface area contributed by atoms with Crippen LogP contribution < -0.4 is 5.32 Å². The number of rotatable bonds is 1. The number of hydrogen-bond donors (Lipinski definition) is 2. The number of benzene rings is 1. The Labute approximate surface area is 105 Å². The van der Waals surface area contributed by atoms with E-state index in [4.69, 9.17) is 0 Å². The van der Waals surface area contributed by atoms with E-state index < -0.39 is 0 Å². The molecule has 0 fully saturated rings. The predicted molar refractivity (Wildman–Crippen MR) is 71.1 cm³/mol. The molecule has 1 amide bonds. The van der Waals surface area contributed by atoms with E-state index in [0.29, 0.717) is 0 Å². The molecule has 4 heteroatoms. The largest absolute Gasteiger partial charge is 0.363 e. The summed E-state index contributed by atoms with van der Waals surface area (Å²) in [5.41, 5.74) is 4.68. The number of anilines is 1. The maximum absolute atomic E-state index is 11.6. The predicted octanol–water partition coefficient (Wildman–Crippen LogP) is 2.11. The number of H-pyrrole nitrogens is 1. The minimum atomic E-state index is -0.0822. The van der Waals surface area contributed by atoms with Crippen molar-refractivity contribution in [2.45, 2.75) is 6.92 Å². The van der Waals surface area contributed by atoms with Crippen LogP contribution in [0.25, 0.3) is 0 Å². The minimum Gasteiger partial charge on any atom is -0.363 e. The Balaban J connectivity index is 2.19. The third-order valence-corrected chi connectivity index (χ3v) is 3.02. The van der Waals surface area contributed by atoms with E-state index in [9.17, 15) is 4.79 Å². The van der Waals surface area contributed by atoms with Gasteiger partial charge >= 0.3 is 0 Å². The summed E-state index contributed by atoms with van der Waals surface area (Å²) in [5.74, 6) is -0.0822. The van der Waals surface area contributed by atoms with Crippen molar-refractivity contribution in [1.82, 2.24) is 4.98 Å². The molecule has 0 aliphatic carbocycles. The molecule has 0 unspecified atom stereocenters. The highest BCUT2D eigenvalue weighted by molar-refractivity contribution is 6.19. The van der Waals surface area contributed by atoms with Gasteiger partial charge in [0.2, 0.25) is 5.91 Å². The molecular formula is C14H13N3O. The highest BCUT2D eigenvalue weighted by atomic mass is 16.1. The van der Waals surface area contributed by atoms with Crippen LogP contribution in [0.5, 0.6) is 0 Å². The Morgan fingerprint density at radius 2 is 2.00 bits per heavy atom. The monoisotopic (exact) mass is 239 g/mol. The number of nitrogens with one attached hydrogen (secondary N) is 2. The van der Waals surface area contributed by atoms with Gasteiger partial charge in [0.05, 0.1) is 11.4 Å². The molecule has 4 nitrogen and oxygen atoms in total. The van der Waals surface area contributed by atoms with Crippen LogP contribution >= 0.6 is 0 Å². The van der Waals surface area contributed by atoms with E-state index in [1.807, 2.05) is 43.5 Å². The van der Waals surface area contributed by atoms with Crippen molar-refractivity contribution < 1.29 is 4.79 Å². The zero-order chi connectivity index (χ0) is 12.5. The summed E-state index contributed by atoms with van der Waals surface area (Å²) in [5, 5.41) is 2.86. The lowest BCUT2D eigenvalue weighted by Crippen LogP contribution is -2.12. The number of amides is 1. The van der Waals surface area contributed by atoms with Gasteiger partial charge in [0.1, 0.15) is 6.54 Å². The normalized spacial score (nSPS) is 14.5. The Hall–Kier alpha value is -2.36. The van der Waals surface area contributed by atoms with Crippen LogP contribution in [0.1, 0.15) is 16.8 Å². The molecule has 1 aliphatic rings. The molecule has 18 heavy (non-hydrogen) atoms. The smallest absolute Gasteiger partial charge is 0.246 e. The molecule has 3 rings (SSSR count). The van der Waals surface area contributed by atoms with Gasteiger partial charge in [0.25, 0.3) is 0 Å².